The van der Waals surface area contributed by atoms with E-state index < -0.39 is 213 Å². The molecule has 5 aliphatic heterocycles. The van der Waals surface area contributed by atoms with E-state index in [0.717, 1.165) is 65.6 Å². The van der Waals surface area contributed by atoms with Gasteiger partial charge in [0.1, 0.15) is 67.1 Å². The molecule has 120 heavy (non-hydrogen) atoms. The van der Waals surface area contributed by atoms with Crippen molar-refractivity contribution in [1.29, 1.82) is 0 Å². The number of H-pyrrole nitrogens is 5. The van der Waals surface area contributed by atoms with E-state index in [4.69, 9.17) is 23.7 Å². The molecule has 0 amide bonds. The van der Waals surface area contributed by atoms with Gasteiger partial charge in [-0.25, -0.2) is 24.0 Å². The van der Waals surface area contributed by atoms with Crippen molar-refractivity contribution in [2.45, 2.75) is 240 Å². The van der Waals surface area contributed by atoms with Crippen LogP contribution in [0.5, 0.6) is 0 Å². The Labute approximate surface area is 698 Å². The van der Waals surface area contributed by atoms with Crippen LogP contribution in [0.3, 0.4) is 0 Å². The molecule has 0 aliphatic carbocycles. The second-order valence-corrected chi connectivity index (χ2v) is 56.6. The van der Waals surface area contributed by atoms with Crippen LogP contribution >= 0.6 is 34.4 Å². The maximum absolute atomic E-state index is 12.2. The number of rotatable bonds is 30. The van der Waals surface area contributed by atoms with E-state index in [1.54, 1.807) is 13.0 Å². The number of hydrogen-bond acceptors (Lipinski definition) is 25. The minimum Gasteiger partial charge on any atom is -0.388 e. The molecule has 10 rings (SSSR count). The number of nitrogens with zero attached hydrogens (tertiary/aromatic N) is 5. The maximum Gasteiger partial charge on any atom is 0.330 e. The fourth-order valence-corrected chi connectivity index (χ4v) is 18.7. The monoisotopic (exact) mass is 1790 g/mol. The van der Waals surface area contributed by atoms with Crippen LogP contribution in [0.15, 0.2) is 91.6 Å². The summed E-state index contributed by atoms with van der Waals surface area (Å²) in [7, 11) is 0. The van der Waals surface area contributed by atoms with Gasteiger partial charge in [-0.3, -0.25) is 67.2 Å². The van der Waals surface area contributed by atoms with Crippen molar-refractivity contribution in [3.8, 4) is 0 Å². The van der Waals surface area contributed by atoms with Gasteiger partial charge < -0.3 is 79.3 Å². The molecule has 0 radical (unpaired) electrons. The number of aliphatic hydroxyl groups excluding tert-OH is 10. The summed E-state index contributed by atoms with van der Waals surface area (Å²) < 4.78 is 34.8. The number of hydrogen-bond donors (Lipinski definition) is 15. The standard InChI is InChI=1S/C17H29N2O5P.2C16H27N2O5P.C16H25N2O5P.C15H25N2O5P/c1-5-6-7-11-10-19(17(23)18-15(11)22)16-14(21)13(20)12(24-16)8-9-25(2,3)4;1-5-7-18-9-10(15(21)17-16(18)22)14-13(20)12(19)11(23-14)6-8-24(2,3)4;2*1-5-6-10-9-18(16(22)17-14(10)21)15-13(20)12(19)11(23-15)7-8-24(2,3)4;1-5-9-8-17(15(21)16-13(9)20)14-12(19)11(18)10(22-14)6-7-23(2,3)4/h10,12-14,16,20-21H,2,5-9H2,1,3-4H3,(H,18,22,23);9,11-14,19-20H,2,5-8H2,1,3-4H3,(H,17,21,22);9,11-13,15,19-20H,2,5-8H2,1,3-4H3,(H,17,21,22);5,9,11-13,15,19-20H,1-2,6-8H2,3-4H3,(H,17,21,22);8,10-12,14,18-19H,2,5-7H2,1,3-4H3,(H,16,20,21)/t12-,13-,14-,16-;11-,12-,13-,14+;2*11-,12-,13-,15-;10-,11-,12-,14-/m11111/s1. The Bertz CT molecular complexity index is 5040. The quantitative estimate of drug-likeness (QED) is 0.0223. The fraction of sp³-hybridized carbons (Fsp3) is 0.662. The topological polar surface area (TPSA) is 523 Å². The Kier molecular flexibility index (Phi) is 37.9. The number of allylic oxidation sites excluding steroid dienone is 1. The van der Waals surface area contributed by atoms with Crippen LogP contribution < -0.4 is 56.2 Å². The van der Waals surface area contributed by atoms with E-state index in [0.29, 0.717) is 80.2 Å². The van der Waals surface area contributed by atoms with Crippen molar-refractivity contribution in [3.05, 3.63) is 176 Å². The highest BCUT2D eigenvalue weighted by Gasteiger charge is 2.49. The van der Waals surface area contributed by atoms with Gasteiger partial charge in [-0.2, -0.15) is 0 Å². The Morgan fingerprint density at radius 1 is 0.350 bits per heavy atom. The van der Waals surface area contributed by atoms with Crippen LogP contribution in [0, 0.1) is 0 Å². The zero-order valence-corrected chi connectivity index (χ0v) is 76.2. The van der Waals surface area contributed by atoms with E-state index in [-0.39, 0.29) is 12.0 Å². The molecule has 5 aliphatic rings. The van der Waals surface area contributed by atoms with E-state index in [2.05, 4.69) is 130 Å². The zero-order chi connectivity index (χ0) is 90.3. The molecule has 40 heteroatoms. The van der Waals surface area contributed by atoms with E-state index in [9.17, 15) is 99.0 Å². The van der Waals surface area contributed by atoms with Crippen molar-refractivity contribution in [3.63, 3.8) is 0 Å². The van der Waals surface area contributed by atoms with E-state index >= 15 is 0 Å². The Hall–Kier alpha value is -5.96. The minimum absolute atomic E-state index is 0.167. The predicted molar refractivity (Wildman–Crippen MR) is 483 cm³/mol. The average Bonchev–Trinajstić information content (AvgIpc) is 1.66. The van der Waals surface area contributed by atoms with Gasteiger partial charge in [-0.05, 0) is 168 Å². The highest BCUT2D eigenvalue weighted by molar-refractivity contribution is 7.73. The number of unbranched alkanes of at least 4 members (excludes halogenated alkanes) is 1. The first-order valence-electron chi connectivity index (χ1n) is 40.5. The first kappa shape index (κ1) is 103. The molecule has 10 heterocycles. The summed E-state index contributed by atoms with van der Waals surface area (Å²) in [6.45, 7) is 26.2. The first-order chi connectivity index (χ1) is 55.7. The van der Waals surface area contributed by atoms with Crippen molar-refractivity contribution < 1.29 is 74.7 Å². The second-order valence-electron chi connectivity index (χ2n) is 35.0. The SMILES string of the molecule is C=CCc1cn([C@@H]2O[C@H](CCP(=C)(C)C)[C@@H](O)[C@H]2O)c(=O)[nH]c1=O.C=P(C)(C)CC[C@H]1O[C@@H](c2cn(CCC)c(=O)[nH]c2=O)[C@H](O)[C@@H]1O.C=P(C)(C)CC[C@H]1O[C@@H](n2cc(CC)c(=O)[nH]c2=O)[C@H](O)[C@@H]1O.C=P(C)(C)CC[C@H]1O[C@@H](n2cc(CCC)c(=O)[nH]c2=O)[C@H](O)[C@@H]1O.C=P(C)(C)CC[C@H]1O[C@@H](n2cc(CCCC)c(=O)[nH]c2=O)[C@H](O)[C@@H]1O. The van der Waals surface area contributed by atoms with Crippen LogP contribution in [0.4, 0.5) is 0 Å². The molecule has 5 saturated heterocycles. The summed E-state index contributed by atoms with van der Waals surface area (Å²) in [5, 5.41) is 103. The average molecular weight is 1790 g/mol. The molecule has 5 fully saturated rings. The summed E-state index contributed by atoms with van der Waals surface area (Å²) in [5.41, 5.74) is -3.64. The lowest BCUT2D eigenvalue weighted by Gasteiger charge is -2.19. The highest BCUT2D eigenvalue weighted by Crippen LogP contribution is 2.44. The third-order valence-corrected chi connectivity index (χ3v) is 28.3. The lowest BCUT2D eigenvalue weighted by atomic mass is 10.0. The van der Waals surface area contributed by atoms with E-state index in [1.165, 1.54) is 44.7 Å². The number of nitrogens with one attached hydrogen (secondary N) is 5. The number of aryl methyl sites for hydroxylation is 4. The number of ether oxygens (including phenoxy) is 5. The lowest BCUT2D eigenvalue weighted by molar-refractivity contribution is -0.0404. The summed E-state index contributed by atoms with van der Waals surface area (Å²) in [6.07, 6.45) is 21.8. The number of aromatic nitrogens is 10. The molecule has 5 aromatic heterocycles. The number of aromatic amines is 5. The molecular weight excluding hydrogens is 1660 g/mol. The molecule has 0 spiro atoms. The molecule has 5 aromatic rings. The van der Waals surface area contributed by atoms with Crippen molar-refractivity contribution in [2.24, 2.45) is 0 Å². The van der Waals surface area contributed by atoms with Gasteiger partial charge in [-0.1, -0.05) is 46.6 Å². The smallest absolute Gasteiger partial charge is 0.330 e. The molecule has 15 N–H and O–H groups in total. The zero-order valence-electron chi connectivity index (χ0n) is 71.8. The molecule has 0 bridgehead atoms. The Morgan fingerprint density at radius 2 is 0.633 bits per heavy atom. The Morgan fingerprint density at radius 3 is 0.933 bits per heavy atom. The lowest BCUT2D eigenvalue weighted by Crippen LogP contribution is -2.38. The van der Waals surface area contributed by atoms with Gasteiger partial charge in [0.15, 0.2) is 24.9 Å². The Balaban J connectivity index is 0.000000233. The fourth-order valence-electron chi connectivity index (χ4n) is 14.0. The van der Waals surface area contributed by atoms with E-state index in [1.807, 2.05) is 20.8 Å². The van der Waals surface area contributed by atoms with Crippen molar-refractivity contribution >= 4 is 65.9 Å². The van der Waals surface area contributed by atoms with Crippen LogP contribution in [0.2, 0.25) is 0 Å². The molecule has 20 atom stereocenters. The molecule has 678 valence electrons. The van der Waals surface area contributed by atoms with Crippen LogP contribution in [-0.2, 0) is 55.9 Å². The molecule has 0 aromatic carbocycles. The molecule has 0 unspecified atom stereocenters. The number of aliphatic hydroxyl groups is 10. The predicted octanol–water partition coefficient (Wildman–Crippen LogP) is 0.814. The van der Waals surface area contributed by atoms with Gasteiger partial charge in [0.2, 0.25) is 0 Å². The van der Waals surface area contributed by atoms with Crippen LogP contribution in [0.1, 0.15) is 144 Å². The summed E-state index contributed by atoms with van der Waals surface area (Å²) in [4.78, 5) is 130. The van der Waals surface area contributed by atoms with Gasteiger partial charge >= 0.3 is 28.4 Å². The van der Waals surface area contributed by atoms with Crippen molar-refractivity contribution in [2.75, 3.05) is 97.5 Å². The maximum atomic E-state index is 12.2. The third kappa shape index (κ3) is 28.8. The molecular formula is C80H133N10O25P5. The van der Waals surface area contributed by atoms with Crippen LogP contribution in [0.25, 0.3) is 0 Å². The van der Waals surface area contributed by atoms with Gasteiger partial charge in [0.05, 0.1) is 36.1 Å². The summed E-state index contributed by atoms with van der Waals surface area (Å²) in [6, 6.07) is 0. The van der Waals surface area contributed by atoms with Crippen LogP contribution in [-0.4, -0.2) is 319 Å². The molecule has 0 saturated carbocycles. The van der Waals surface area contributed by atoms with Crippen molar-refractivity contribution in [1.82, 2.24) is 47.8 Å². The largest absolute Gasteiger partial charge is 0.388 e. The second kappa shape index (κ2) is 44.3. The first-order valence-corrected chi connectivity index (χ1v) is 55.7. The molecule has 35 nitrogen and oxygen atoms in total. The highest BCUT2D eigenvalue weighted by atomic mass is 31.2. The van der Waals surface area contributed by atoms with Gasteiger partial charge in [-0.15, -0.1) is 72.5 Å². The normalized spacial score (nSPS) is 27.5. The van der Waals surface area contributed by atoms with Gasteiger partial charge in [0.25, 0.3) is 27.8 Å². The minimum atomic E-state index is -1.29. The summed E-state index contributed by atoms with van der Waals surface area (Å²) >= 11 is 0. The van der Waals surface area contributed by atoms with Gasteiger partial charge in [0, 0.05) is 59.8 Å². The summed E-state index contributed by atoms with van der Waals surface area (Å²) in [5.74, 6) is 0. The third-order valence-electron chi connectivity index (χ3n) is 20.9.